The summed E-state index contributed by atoms with van der Waals surface area (Å²) in [6, 6.07) is 0.114. The Morgan fingerprint density at radius 2 is 1.53 bits per heavy atom. The van der Waals surface area contributed by atoms with Crippen molar-refractivity contribution >= 4 is 12.0 Å². The van der Waals surface area contributed by atoms with Gasteiger partial charge in [-0.1, -0.05) is 0 Å². The molecule has 172 valence electrons. The summed E-state index contributed by atoms with van der Waals surface area (Å²) in [5.74, 6) is -0.289. The molecule has 1 N–H and O–H groups in total. The number of piperidine rings is 2. The van der Waals surface area contributed by atoms with Crippen LogP contribution in [0.3, 0.4) is 0 Å². The third-order valence-corrected chi connectivity index (χ3v) is 6.40. The number of amides is 2. The van der Waals surface area contributed by atoms with Crippen molar-refractivity contribution in [3.05, 3.63) is 0 Å². The van der Waals surface area contributed by atoms with E-state index < -0.39 is 24.5 Å². The van der Waals surface area contributed by atoms with Gasteiger partial charge in [-0.05, 0) is 57.7 Å². The van der Waals surface area contributed by atoms with E-state index in [-0.39, 0.29) is 36.4 Å². The highest BCUT2D eigenvalue weighted by molar-refractivity contribution is 5.83. The van der Waals surface area contributed by atoms with Crippen molar-refractivity contribution in [1.29, 1.82) is 0 Å². The van der Waals surface area contributed by atoms with Crippen LogP contribution in [-0.2, 0) is 9.53 Å². The zero-order valence-corrected chi connectivity index (χ0v) is 16.5. The van der Waals surface area contributed by atoms with E-state index >= 15 is 0 Å². The minimum absolute atomic E-state index is 0.0424. The highest BCUT2D eigenvalue weighted by Crippen LogP contribution is 2.59. The van der Waals surface area contributed by atoms with Gasteiger partial charge in [-0.15, -0.1) is 0 Å². The number of carbonyl (C=O) groups excluding carboxylic acids is 2. The van der Waals surface area contributed by atoms with Crippen LogP contribution in [0.25, 0.3) is 0 Å². The predicted molar refractivity (Wildman–Crippen MR) is 92.4 cm³/mol. The van der Waals surface area contributed by atoms with Gasteiger partial charge in [0.25, 0.3) is 6.10 Å². The second-order valence-corrected chi connectivity index (χ2v) is 8.54. The fraction of sp³-hybridized carbons (Fsp3) is 0.889. The van der Waals surface area contributed by atoms with Gasteiger partial charge >= 0.3 is 18.4 Å². The van der Waals surface area contributed by atoms with Crippen LogP contribution in [0.2, 0.25) is 0 Å². The van der Waals surface area contributed by atoms with Gasteiger partial charge < -0.3 is 19.9 Å². The molecule has 0 radical (unpaired) electrons. The second-order valence-electron chi connectivity index (χ2n) is 8.54. The van der Waals surface area contributed by atoms with E-state index in [2.05, 4.69) is 15.0 Å². The van der Waals surface area contributed by atoms with Gasteiger partial charge in [0, 0.05) is 25.0 Å². The number of alkyl halides is 6. The lowest BCUT2D eigenvalue weighted by Gasteiger charge is -2.34. The average molecular weight is 445 g/mol. The number of likely N-dealkylation sites (tertiary alicyclic amines) is 2. The molecule has 3 rings (SSSR count). The molecule has 0 unspecified atom stereocenters. The molecule has 2 heterocycles. The van der Waals surface area contributed by atoms with Gasteiger partial charge in [0.15, 0.2) is 0 Å². The molecule has 0 bridgehead atoms. The fourth-order valence-corrected chi connectivity index (χ4v) is 4.35. The lowest BCUT2D eigenvalue weighted by molar-refractivity contribution is -0.308. The van der Waals surface area contributed by atoms with Crippen molar-refractivity contribution < 1.29 is 40.7 Å². The highest BCUT2D eigenvalue weighted by atomic mass is 19.4. The Balaban J connectivity index is 1.48. The number of hydrogen-bond donors (Lipinski definition) is 1. The minimum Gasteiger partial charge on any atom is -0.426 e. The molecular weight excluding hydrogens is 420 g/mol. The first-order valence-corrected chi connectivity index (χ1v) is 9.90. The van der Waals surface area contributed by atoms with Gasteiger partial charge in [0.2, 0.25) is 5.91 Å². The van der Waals surface area contributed by atoms with Crippen LogP contribution in [0.1, 0.15) is 32.1 Å². The molecule has 0 aromatic heterocycles. The number of carbonyl (C=O) groups is 2. The summed E-state index contributed by atoms with van der Waals surface area (Å²) in [7, 11) is 2.01. The molecule has 12 heteroatoms. The Kier molecular flexibility index (Phi) is 6.18. The van der Waals surface area contributed by atoms with Crippen molar-refractivity contribution in [2.75, 3.05) is 33.2 Å². The van der Waals surface area contributed by atoms with E-state index in [4.69, 9.17) is 0 Å². The summed E-state index contributed by atoms with van der Waals surface area (Å²) in [5.41, 5.74) is -0.334. The highest BCUT2D eigenvalue weighted by Gasteiger charge is 2.61. The molecule has 2 saturated heterocycles. The van der Waals surface area contributed by atoms with Gasteiger partial charge in [-0.2, -0.15) is 26.3 Å². The van der Waals surface area contributed by atoms with Gasteiger partial charge in [0.05, 0.1) is 0 Å². The molecule has 1 aliphatic carbocycles. The van der Waals surface area contributed by atoms with Crippen LogP contribution in [0.15, 0.2) is 0 Å². The molecule has 3 fully saturated rings. The molecule has 1 saturated carbocycles. The molecule has 1 spiro atoms. The van der Waals surface area contributed by atoms with Gasteiger partial charge in [-0.25, -0.2) is 4.79 Å². The van der Waals surface area contributed by atoms with Crippen LogP contribution >= 0.6 is 0 Å². The van der Waals surface area contributed by atoms with Crippen molar-refractivity contribution in [2.24, 2.45) is 11.3 Å². The maximum atomic E-state index is 12.6. The summed E-state index contributed by atoms with van der Waals surface area (Å²) < 4.78 is 79.2. The van der Waals surface area contributed by atoms with Crippen molar-refractivity contribution in [2.45, 2.75) is 56.6 Å². The summed E-state index contributed by atoms with van der Waals surface area (Å²) >= 11 is 0. The van der Waals surface area contributed by atoms with Crippen LogP contribution in [-0.4, -0.2) is 79.5 Å². The first-order chi connectivity index (χ1) is 13.8. The first-order valence-electron chi connectivity index (χ1n) is 9.90. The summed E-state index contributed by atoms with van der Waals surface area (Å²) in [4.78, 5) is 27.4. The van der Waals surface area contributed by atoms with Crippen LogP contribution in [0.5, 0.6) is 0 Å². The molecule has 2 aliphatic heterocycles. The largest absolute Gasteiger partial charge is 0.434 e. The van der Waals surface area contributed by atoms with Crippen molar-refractivity contribution in [3.8, 4) is 0 Å². The predicted octanol–water partition coefficient (Wildman–Crippen LogP) is 2.93. The average Bonchev–Trinajstić information content (AvgIpc) is 3.33. The van der Waals surface area contributed by atoms with E-state index in [0.717, 1.165) is 30.8 Å². The summed E-state index contributed by atoms with van der Waals surface area (Å²) in [6.45, 7) is 1.71. The topological polar surface area (TPSA) is 61.9 Å². The summed E-state index contributed by atoms with van der Waals surface area (Å²) in [6.07, 6.45) is -14.2. The SMILES string of the molecule is CN1CCC(NC(=O)[C@H]2CC23CCN(C(=O)OC(C(F)(F)F)C(F)(F)F)CC3)CC1. The molecule has 6 nitrogen and oxygen atoms in total. The Labute approximate surface area is 169 Å². The number of nitrogens with zero attached hydrogens (tertiary/aromatic N) is 2. The maximum absolute atomic E-state index is 12.6. The van der Waals surface area contributed by atoms with Crippen LogP contribution in [0, 0.1) is 11.3 Å². The maximum Gasteiger partial charge on any atom is 0.434 e. The minimum atomic E-state index is -5.74. The first kappa shape index (κ1) is 23.0. The van der Waals surface area contributed by atoms with Gasteiger partial charge in [-0.3, -0.25) is 4.79 Å². The molecule has 1 atom stereocenters. The zero-order valence-electron chi connectivity index (χ0n) is 16.5. The van der Waals surface area contributed by atoms with E-state index in [1.807, 2.05) is 7.05 Å². The van der Waals surface area contributed by atoms with Gasteiger partial charge in [0.1, 0.15) is 0 Å². The number of halogens is 6. The Morgan fingerprint density at radius 3 is 2.03 bits per heavy atom. The molecular formula is C18H25F6N3O3. The van der Waals surface area contributed by atoms with E-state index in [9.17, 15) is 35.9 Å². The molecule has 30 heavy (non-hydrogen) atoms. The molecule has 3 aliphatic rings. The van der Waals surface area contributed by atoms with Crippen molar-refractivity contribution in [3.63, 3.8) is 0 Å². The standard InChI is InChI=1S/C18H25F6N3O3/c1-26-6-2-11(3-7-26)25-13(28)12-10-16(12)4-8-27(9-5-16)15(29)30-14(17(19,20)21)18(22,23)24/h11-12,14H,2-10H2,1H3,(H,25,28)/t12-/m1/s1. The lowest BCUT2D eigenvalue weighted by atomic mass is 9.90. The van der Waals surface area contributed by atoms with Crippen LogP contribution in [0.4, 0.5) is 31.1 Å². The second kappa shape index (κ2) is 8.08. The number of ether oxygens (including phenoxy) is 1. The monoisotopic (exact) mass is 445 g/mol. The van der Waals surface area contributed by atoms with E-state index in [1.54, 1.807) is 0 Å². The normalized spacial score (nSPS) is 25.5. The van der Waals surface area contributed by atoms with E-state index in [0.29, 0.717) is 19.3 Å². The Morgan fingerprint density at radius 1 is 1.00 bits per heavy atom. The van der Waals surface area contributed by atoms with E-state index in [1.165, 1.54) is 0 Å². The Hall–Kier alpha value is -1.72. The molecule has 0 aromatic rings. The summed E-state index contributed by atoms with van der Waals surface area (Å²) in [5, 5.41) is 3.05. The number of nitrogens with one attached hydrogen (secondary N) is 1. The lowest BCUT2D eigenvalue weighted by Crippen LogP contribution is -2.49. The zero-order chi connectivity index (χ0) is 22.3. The van der Waals surface area contributed by atoms with Crippen LogP contribution < -0.4 is 5.32 Å². The van der Waals surface area contributed by atoms with Crippen molar-refractivity contribution in [1.82, 2.24) is 15.1 Å². The number of rotatable bonds is 3. The fourth-order valence-electron chi connectivity index (χ4n) is 4.35. The quantitative estimate of drug-likeness (QED) is 0.679. The number of hydrogen-bond acceptors (Lipinski definition) is 4. The third-order valence-electron chi connectivity index (χ3n) is 6.40. The smallest absolute Gasteiger partial charge is 0.426 e. The Bertz CT molecular complexity index is 639. The molecule has 2 amide bonds. The third kappa shape index (κ3) is 5.12. The molecule has 0 aromatic carbocycles.